The standard InChI is InChI=1S/C13H22N2O2/c1-2-4-11-14-13(6-7-13)12(16)15(11)10-5-3-8-17-9-10/h10-11,14H,2-9H2,1H3. The SMILES string of the molecule is CCCC1NC2(CC2)C(=O)N1C1CCCOC1. The lowest BCUT2D eigenvalue weighted by molar-refractivity contribution is -0.136. The fourth-order valence-corrected chi connectivity index (χ4v) is 3.17. The summed E-state index contributed by atoms with van der Waals surface area (Å²) in [6.45, 7) is 3.76. The highest BCUT2D eigenvalue weighted by atomic mass is 16.5. The van der Waals surface area contributed by atoms with Crippen molar-refractivity contribution in [3.63, 3.8) is 0 Å². The fourth-order valence-electron chi connectivity index (χ4n) is 3.17. The molecule has 2 heterocycles. The molecule has 3 rings (SSSR count). The van der Waals surface area contributed by atoms with Gasteiger partial charge >= 0.3 is 0 Å². The fraction of sp³-hybridized carbons (Fsp3) is 0.923. The highest BCUT2D eigenvalue weighted by molar-refractivity contribution is 5.92. The second-order valence-electron chi connectivity index (χ2n) is 5.61. The van der Waals surface area contributed by atoms with Gasteiger partial charge in [0, 0.05) is 6.61 Å². The summed E-state index contributed by atoms with van der Waals surface area (Å²) in [5.41, 5.74) is -0.169. The maximum absolute atomic E-state index is 12.5. The minimum absolute atomic E-state index is 0.169. The van der Waals surface area contributed by atoms with Crippen LogP contribution in [0.4, 0.5) is 0 Å². The van der Waals surface area contributed by atoms with Gasteiger partial charge in [0.1, 0.15) is 0 Å². The quantitative estimate of drug-likeness (QED) is 0.804. The van der Waals surface area contributed by atoms with Gasteiger partial charge in [-0.1, -0.05) is 13.3 Å². The van der Waals surface area contributed by atoms with Gasteiger partial charge in [0.2, 0.25) is 5.91 Å². The molecule has 0 radical (unpaired) electrons. The van der Waals surface area contributed by atoms with Crippen LogP contribution in [0.5, 0.6) is 0 Å². The van der Waals surface area contributed by atoms with E-state index in [2.05, 4.69) is 17.1 Å². The van der Waals surface area contributed by atoms with E-state index >= 15 is 0 Å². The summed E-state index contributed by atoms with van der Waals surface area (Å²) in [5, 5.41) is 3.56. The van der Waals surface area contributed by atoms with Crippen LogP contribution in [0, 0.1) is 0 Å². The molecular formula is C13H22N2O2. The van der Waals surface area contributed by atoms with Crippen molar-refractivity contribution in [1.29, 1.82) is 0 Å². The first kappa shape index (κ1) is 11.5. The summed E-state index contributed by atoms with van der Waals surface area (Å²) in [6, 6.07) is 0.306. The molecule has 0 bridgehead atoms. The average Bonchev–Trinajstić information content (AvgIpc) is 3.06. The Balaban J connectivity index is 1.76. The van der Waals surface area contributed by atoms with Crippen LogP contribution >= 0.6 is 0 Å². The van der Waals surface area contributed by atoms with Crippen LogP contribution < -0.4 is 5.32 Å². The van der Waals surface area contributed by atoms with Crippen molar-refractivity contribution in [1.82, 2.24) is 10.2 Å². The Morgan fingerprint density at radius 1 is 1.53 bits per heavy atom. The predicted octanol–water partition coefficient (Wildman–Crippen LogP) is 1.26. The molecule has 1 aliphatic carbocycles. The van der Waals surface area contributed by atoms with Crippen LogP contribution in [0.1, 0.15) is 45.4 Å². The number of rotatable bonds is 3. The van der Waals surface area contributed by atoms with Crippen LogP contribution in [-0.2, 0) is 9.53 Å². The van der Waals surface area contributed by atoms with E-state index in [1.165, 1.54) is 0 Å². The first-order chi connectivity index (χ1) is 8.27. The molecule has 1 N–H and O–H groups in total. The molecule has 1 amide bonds. The van der Waals surface area contributed by atoms with Gasteiger partial charge in [0.25, 0.3) is 0 Å². The van der Waals surface area contributed by atoms with E-state index in [0.717, 1.165) is 51.7 Å². The van der Waals surface area contributed by atoms with Gasteiger partial charge in [-0.3, -0.25) is 10.1 Å². The van der Waals surface area contributed by atoms with E-state index < -0.39 is 0 Å². The molecule has 4 heteroatoms. The Kier molecular flexibility index (Phi) is 2.87. The second-order valence-corrected chi connectivity index (χ2v) is 5.61. The Hall–Kier alpha value is -0.610. The van der Waals surface area contributed by atoms with E-state index in [1.54, 1.807) is 0 Å². The molecule has 2 unspecified atom stereocenters. The average molecular weight is 238 g/mol. The van der Waals surface area contributed by atoms with Gasteiger partial charge in [-0.25, -0.2) is 0 Å². The number of nitrogens with zero attached hydrogens (tertiary/aromatic N) is 1. The van der Waals surface area contributed by atoms with Gasteiger partial charge < -0.3 is 9.64 Å². The molecule has 1 spiro atoms. The van der Waals surface area contributed by atoms with Crippen molar-refractivity contribution in [2.24, 2.45) is 0 Å². The van der Waals surface area contributed by atoms with E-state index in [-0.39, 0.29) is 11.7 Å². The van der Waals surface area contributed by atoms with Crippen LogP contribution in [0.2, 0.25) is 0 Å². The smallest absolute Gasteiger partial charge is 0.244 e. The van der Waals surface area contributed by atoms with Gasteiger partial charge in [-0.05, 0) is 32.1 Å². The Morgan fingerprint density at radius 2 is 2.35 bits per heavy atom. The summed E-state index contributed by atoms with van der Waals surface area (Å²) in [6.07, 6.45) is 6.66. The van der Waals surface area contributed by atoms with Crippen molar-refractivity contribution in [3.05, 3.63) is 0 Å². The Morgan fingerprint density at radius 3 is 2.94 bits per heavy atom. The number of nitrogens with one attached hydrogen (secondary N) is 1. The Bertz CT molecular complexity index is 309. The summed E-state index contributed by atoms with van der Waals surface area (Å²) in [5.74, 6) is 0.339. The molecule has 0 aromatic heterocycles. The third-order valence-corrected chi connectivity index (χ3v) is 4.26. The van der Waals surface area contributed by atoms with E-state index in [4.69, 9.17) is 4.74 Å². The molecule has 0 aromatic rings. The molecule has 2 aliphatic heterocycles. The van der Waals surface area contributed by atoms with Gasteiger partial charge in [-0.2, -0.15) is 0 Å². The van der Waals surface area contributed by atoms with Crippen LogP contribution in [0.3, 0.4) is 0 Å². The summed E-state index contributed by atoms with van der Waals surface area (Å²) < 4.78 is 5.54. The number of hydrogen-bond donors (Lipinski definition) is 1. The number of ether oxygens (including phenoxy) is 1. The highest BCUT2D eigenvalue weighted by Gasteiger charge is 2.59. The van der Waals surface area contributed by atoms with E-state index in [1.807, 2.05) is 0 Å². The monoisotopic (exact) mass is 238 g/mol. The van der Waals surface area contributed by atoms with E-state index in [0.29, 0.717) is 11.9 Å². The molecule has 96 valence electrons. The van der Waals surface area contributed by atoms with Crippen molar-refractivity contribution < 1.29 is 9.53 Å². The van der Waals surface area contributed by atoms with Crippen molar-refractivity contribution in [2.45, 2.75) is 63.2 Å². The number of carbonyl (C=O) groups excluding carboxylic acids is 1. The van der Waals surface area contributed by atoms with Crippen molar-refractivity contribution >= 4 is 5.91 Å². The highest BCUT2D eigenvalue weighted by Crippen LogP contribution is 2.44. The zero-order chi connectivity index (χ0) is 11.9. The zero-order valence-electron chi connectivity index (χ0n) is 10.6. The van der Waals surface area contributed by atoms with Crippen molar-refractivity contribution in [3.8, 4) is 0 Å². The van der Waals surface area contributed by atoms with Gasteiger partial charge in [-0.15, -0.1) is 0 Å². The van der Waals surface area contributed by atoms with E-state index in [9.17, 15) is 4.79 Å². The molecule has 3 fully saturated rings. The maximum atomic E-state index is 12.5. The molecule has 0 aromatic carbocycles. The Labute approximate surface area is 103 Å². The molecule has 17 heavy (non-hydrogen) atoms. The minimum atomic E-state index is -0.169. The zero-order valence-corrected chi connectivity index (χ0v) is 10.6. The molecule has 1 saturated carbocycles. The van der Waals surface area contributed by atoms with Crippen LogP contribution in [0.15, 0.2) is 0 Å². The number of amides is 1. The number of carbonyl (C=O) groups is 1. The summed E-state index contributed by atoms with van der Waals surface area (Å²) in [4.78, 5) is 14.6. The second kappa shape index (κ2) is 4.25. The molecule has 4 nitrogen and oxygen atoms in total. The first-order valence-electron chi connectivity index (χ1n) is 6.95. The lowest BCUT2D eigenvalue weighted by Crippen LogP contribution is -2.48. The maximum Gasteiger partial charge on any atom is 0.244 e. The molecule has 2 atom stereocenters. The van der Waals surface area contributed by atoms with Gasteiger partial charge in [0.15, 0.2) is 0 Å². The summed E-state index contributed by atoms with van der Waals surface area (Å²) in [7, 11) is 0. The molecular weight excluding hydrogens is 216 g/mol. The minimum Gasteiger partial charge on any atom is -0.379 e. The number of hydrogen-bond acceptors (Lipinski definition) is 3. The lowest BCUT2D eigenvalue weighted by Gasteiger charge is -2.35. The topological polar surface area (TPSA) is 41.6 Å². The first-order valence-corrected chi connectivity index (χ1v) is 6.95. The third-order valence-electron chi connectivity index (χ3n) is 4.26. The largest absolute Gasteiger partial charge is 0.379 e. The third kappa shape index (κ3) is 1.87. The predicted molar refractivity (Wildman–Crippen MR) is 64.5 cm³/mol. The summed E-state index contributed by atoms with van der Waals surface area (Å²) >= 11 is 0. The normalized spacial score (nSPS) is 35.6. The van der Waals surface area contributed by atoms with Crippen LogP contribution in [-0.4, -0.2) is 41.8 Å². The van der Waals surface area contributed by atoms with Crippen LogP contribution in [0.25, 0.3) is 0 Å². The lowest BCUT2D eigenvalue weighted by atomic mass is 10.1. The molecule has 2 saturated heterocycles. The van der Waals surface area contributed by atoms with Gasteiger partial charge in [0.05, 0.1) is 24.4 Å². The van der Waals surface area contributed by atoms with Crippen molar-refractivity contribution in [2.75, 3.05) is 13.2 Å². The molecule has 3 aliphatic rings.